The van der Waals surface area contributed by atoms with Crippen molar-refractivity contribution in [2.75, 3.05) is 0 Å². The smallest absolute Gasteiger partial charge is 0.0595 e. The topological polar surface area (TPSA) is 26.0 Å². The Morgan fingerprint density at radius 3 is 2.37 bits per heavy atom. The molecule has 0 aliphatic carbocycles. The molecule has 96 valence electrons. The van der Waals surface area contributed by atoms with Gasteiger partial charge in [-0.3, -0.25) is 0 Å². The summed E-state index contributed by atoms with van der Waals surface area (Å²) in [6, 6.07) is 13.4. The molecule has 0 radical (unpaired) electrons. The van der Waals surface area contributed by atoms with Crippen LogP contribution in [0.3, 0.4) is 0 Å². The second-order valence-corrected chi connectivity index (χ2v) is 6.03. The van der Waals surface area contributed by atoms with Gasteiger partial charge in [0.2, 0.25) is 0 Å². The van der Waals surface area contributed by atoms with Crippen LogP contribution < -0.4 is 5.73 Å². The third-order valence-electron chi connectivity index (χ3n) is 3.16. The molecule has 3 rings (SSSR count). The molecule has 0 spiro atoms. The molecule has 0 saturated carbocycles. The van der Waals surface area contributed by atoms with Crippen molar-refractivity contribution in [2.24, 2.45) is 5.73 Å². The fourth-order valence-electron chi connectivity index (χ4n) is 2.20. The van der Waals surface area contributed by atoms with E-state index in [0.717, 1.165) is 16.5 Å². The fourth-order valence-corrected chi connectivity index (χ4v) is 3.83. The molecule has 2 aromatic carbocycles. The van der Waals surface area contributed by atoms with Crippen LogP contribution in [0.2, 0.25) is 10.0 Å². The molecule has 0 aliphatic heterocycles. The third kappa shape index (κ3) is 2.26. The van der Waals surface area contributed by atoms with Gasteiger partial charge in [-0.2, -0.15) is 0 Å². The van der Waals surface area contributed by atoms with Crippen LogP contribution in [0.5, 0.6) is 0 Å². The van der Waals surface area contributed by atoms with Crippen molar-refractivity contribution in [2.45, 2.75) is 6.04 Å². The van der Waals surface area contributed by atoms with Gasteiger partial charge in [0.25, 0.3) is 0 Å². The predicted octanol–water partition coefficient (Wildman–Crippen LogP) is 5.26. The van der Waals surface area contributed by atoms with Crippen molar-refractivity contribution in [1.82, 2.24) is 0 Å². The highest BCUT2D eigenvalue weighted by molar-refractivity contribution is 7.17. The van der Waals surface area contributed by atoms with E-state index in [4.69, 9.17) is 28.9 Å². The van der Waals surface area contributed by atoms with Crippen molar-refractivity contribution in [3.05, 3.63) is 69.0 Å². The normalized spacial score (nSPS) is 12.8. The molecule has 0 saturated heterocycles. The number of thiophene rings is 1. The van der Waals surface area contributed by atoms with Gasteiger partial charge in [-0.15, -0.1) is 11.3 Å². The van der Waals surface area contributed by atoms with Gasteiger partial charge in [0, 0.05) is 20.3 Å². The van der Waals surface area contributed by atoms with Crippen molar-refractivity contribution in [3.8, 4) is 0 Å². The van der Waals surface area contributed by atoms with Crippen molar-refractivity contribution in [3.63, 3.8) is 0 Å². The Morgan fingerprint density at radius 2 is 1.63 bits per heavy atom. The van der Waals surface area contributed by atoms with Gasteiger partial charge in [0.05, 0.1) is 6.04 Å². The largest absolute Gasteiger partial charge is 0.320 e. The lowest BCUT2D eigenvalue weighted by Crippen LogP contribution is -2.12. The summed E-state index contributed by atoms with van der Waals surface area (Å²) in [6.45, 7) is 0. The lowest BCUT2D eigenvalue weighted by atomic mass is 9.99. The molecular formula is C15H11Cl2NS. The van der Waals surface area contributed by atoms with E-state index in [9.17, 15) is 0 Å². The molecule has 4 heteroatoms. The SMILES string of the molecule is NC(c1c(Cl)cccc1Cl)c1csc2ccccc12. The molecule has 0 bridgehead atoms. The average Bonchev–Trinajstić information content (AvgIpc) is 2.82. The Kier molecular flexibility index (Phi) is 3.50. The number of rotatable bonds is 2. The van der Waals surface area contributed by atoms with E-state index in [0.29, 0.717) is 10.0 Å². The lowest BCUT2D eigenvalue weighted by Gasteiger charge is -2.15. The van der Waals surface area contributed by atoms with Crippen LogP contribution in [-0.4, -0.2) is 0 Å². The minimum atomic E-state index is -0.308. The maximum absolute atomic E-state index is 6.37. The van der Waals surface area contributed by atoms with Crippen LogP contribution >= 0.6 is 34.5 Å². The summed E-state index contributed by atoms with van der Waals surface area (Å²) < 4.78 is 1.22. The Morgan fingerprint density at radius 1 is 0.947 bits per heavy atom. The maximum Gasteiger partial charge on any atom is 0.0595 e. The van der Waals surface area contributed by atoms with E-state index in [1.165, 1.54) is 4.70 Å². The van der Waals surface area contributed by atoms with Crippen LogP contribution in [0.1, 0.15) is 17.2 Å². The van der Waals surface area contributed by atoms with E-state index in [2.05, 4.69) is 17.5 Å². The quantitative estimate of drug-likeness (QED) is 0.687. The Bertz CT molecular complexity index is 716. The predicted molar refractivity (Wildman–Crippen MR) is 84.3 cm³/mol. The zero-order valence-electron chi connectivity index (χ0n) is 9.94. The van der Waals surface area contributed by atoms with Crippen LogP contribution in [0.25, 0.3) is 10.1 Å². The molecule has 2 N–H and O–H groups in total. The van der Waals surface area contributed by atoms with E-state index in [-0.39, 0.29) is 6.04 Å². The molecule has 3 aromatic rings. The van der Waals surface area contributed by atoms with Crippen LogP contribution in [0.15, 0.2) is 47.8 Å². The molecule has 19 heavy (non-hydrogen) atoms. The molecule has 0 fully saturated rings. The number of hydrogen-bond acceptors (Lipinski definition) is 2. The first-order chi connectivity index (χ1) is 9.18. The molecule has 1 atom stereocenters. The minimum absolute atomic E-state index is 0.308. The monoisotopic (exact) mass is 307 g/mol. The van der Waals surface area contributed by atoms with Gasteiger partial charge in [-0.05, 0) is 34.5 Å². The molecule has 0 aliphatic rings. The number of hydrogen-bond donors (Lipinski definition) is 1. The van der Waals surface area contributed by atoms with E-state index in [1.807, 2.05) is 30.3 Å². The lowest BCUT2D eigenvalue weighted by molar-refractivity contribution is 0.885. The molecule has 1 nitrogen and oxygen atoms in total. The van der Waals surface area contributed by atoms with Crippen LogP contribution in [-0.2, 0) is 0 Å². The first kappa shape index (κ1) is 12.9. The first-order valence-electron chi connectivity index (χ1n) is 5.84. The van der Waals surface area contributed by atoms with Gasteiger partial charge in [0.1, 0.15) is 0 Å². The first-order valence-corrected chi connectivity index (χ1v) is 7.47. The summed E-state index contributed by atoms with van der Waals surface area (Å²) in [5, 5.41) is 4.45. The Hall–Kier alpha value is -1.06. The van der Waals surface area contributed by atoms with Crippen LogP contribution in [0, 0.1) is 0 Å². The van der Waals surface area contributed by atoms with Gasteiger partial charge in [-0.25, -0.2) is 0 Å². The van der Waals surface area contributed by atoms with E-state index >= 15 is 0 Å². The summed E-state index contributed by atoms with van der Waals surface area (Å²) in [4.78, 5) is 0. The third-order valence-corrected chi connectivity index (χ3v) is 4.80. The molecule has 0 amide bonds. The van der Waals surface area contributed by atoms with E-state index < -0.39 is 0 Å². The molecule has 1 aromatic heterocycles. The summed E-state index contributed by atoms with van der Waals surface area (Å²) >= 11 is 14.1. The Balaban J connectivity index is 2.16. The van der Waals surface area contributed by atoms with Crippen LogP contribution in [0.4, 0.5) is 0 Å². The summed E-state index contributed by atoms with van der Waals surface area (Å²) in [7, 11) is 0. The Labute approximate surface area is 125 Å². The number of nitrogens with two attached hydrogens (primary N) is 1. The highest BCUT2D eigenvalue weighted by Crippen LogP contribution is 2.37. The highest BCUT2D eigenvalue weighted by Gasteiger charge is 2.18. The summed E-state index contributed by atoms with van der Waals surface area (Å²) in [5.41, 5.74) is 8.22. The number of fused-ring (bicyclic) bond motifs is 1. The average molecular weight is 308 g/mol. The number of benzene rings is 2. The summed E-state index contributed by atoms with van der Waals surface area (Å²) in [6.07, 6.45) is 0. The standard InChI is InChI=1S/C15H11Cl2NS/c16-11-5-3-6-12(17)14(11)15(18)10-8-19-13-7-2-1-4-9(10)13/h1-8,15H,18H2. The van der Waals surface area contributed by atoms with Gasteiger partial charge in [0.15, 0.2) is 0 Å². The van der Waals surface area contributed by atoms with Crippen molar-refractivity contribution in [1.29, 1.82) is 0 Å². The van der Waals surface area contributed by atoms with Gasteiger partial charge in [-0.1, -0.05) is 47.5 Å². The van der Waals surface area contributed by atoms with Crippen molar-refractivity contribution >= 4 is 44.6 Å². The van der Waals surface area contributed by atoms with Crippen molar-refractivity contribution < 1.29 is 0 Å². The second-order valence-electron chi connectivity index (χ2n) is 4.30. The molecular weight excluding hydrogens is 297 g/mol. The highest BCUT2D eigenvalue weighted by atomic mass is 35.5. The summed E-state index contributed by atoms with van der Waals surface area (Å²) in [5.74, 6) is 0. The zero-order chi connectivity index (χ0) is 13.4. The zero-order valence-corrected chi connectivity index (χ0v) is 12.3. The van der Waals surface area contributed by atoms with E-state index in [1.54, 1.807) is 11.3 Å². The second kappa shape index (κ2) is 5.14. The fraction of sp³-hybridized carbons (Fsp3) is 0.0667. The minimum Gasteiger partial charge on any atom is -0.320 e. The molecule has 1 unspecified atom stereocenters. The van der Waals surface area contributed by atoms with Gasteiger partial charge >= 0.3 is 0 Å². The maximum atomic E-state index is 6.37. The molecule has 1 heterocycles. The number of halogens is 2. The van der Waals surface area contributed by atoms with Gasteiger partial charge < -0.3 is 5.73 Å².